The number of nitrogens with two attached hydrogens (primary N) is 1. The Bertz CT molecular complexity index is 663. The minimum Gasteiger partial charge on any atom is -0.490 e. The molecule has 0 amide bonds. The van der Waals surface area contributed by atoms with Gasteiger partial charge in [0.15, 0.2) is 5.60 Å². The van der Waals surface area contributed by atoms with Crippen molar-refractivity contribution in [1.82, 2.24) is 4.98 Å². The Kier molecular flexibility index (Phi) is 7.76. The van der Waals surface area contributed by atoms with Gasteiger partial charge >= 0.3 is 5.97 Å². The van der Waals surface area contributed by atoms with Gasteiger partial charge in [-0.25, -0.2) is 4.79 Å². The molecule has 0 aliphatic heterocycles. The third kappa shape index (κ3) is 5.99. The molecule has 8 heteroatoms. The zero-order valence-corrected chi connectivity index (χ0v) is 16.8. The van der Waals surface area contributed by atoms with Crippen LogP contribution in [0.5, 0.6) is 5.75 Å². The van der Waals surface area contributed by atoms with Gasteiger partial charge in [-0.2, -0.15) is 0 Å². The summed E-state index contributed by atoms with van der Waals surface area (Å²) in [4.78, 5) is 15.8. The van der Waals surface area contributed by atoms with Gasteiger partial charge < -0.3 is 20.7 Å². The Morgan fingerprint density at radius 3 is 2.70 bits per heavy atom. The van der Waals surface area contributed by atoms with Gasteiger partial charge in [0.05, 0.1) is 12.1 Å². The summed E-state index contributed by atoms with van der Waals surface area (Å²) < 4.78 is 17.7. The Balaban J connectivity index is 2.09. The predicted octanol–water partition coefficient (Wildman–Crippen LogP) is 1.49. The van der Waals surface area contributed by atoms with Crippen molar-refractivity contribution >= 4 is 16.8 Å². The lowest BCUT2D eigenvalue weighted by atomic mass is 9.89. The molecule has 0 radical (unpaired) electrons. The standard InChI is InChI=1S/C19H30N2O5S/c1-3-27(25)12-17(20)19(24,18(22)23)11-14-10-16(8-9-21-14)26-15-6-4-13(2)5-7-15/h8-10,13,15,17,24H,3-7,11-12,20H2,1-2H3,(H,22,23)/t13?,15?,17-,19+,27?/m0/s1. The molecule has 0 aromatic carbocycles. The lowest BCUT2D eigenvalue weighted by molar-refractivity contribution is -0.160. The molecule has 1 aliphatic carbocycles. The molecule has 0 saturated heterocycles. The molecule has 4 N–H and O–H groups in total. The van der Waals surface area contributed by atoms with E-state index in [0.29, 0.717) is 17.2 Å². The highest BCUT2D eigenvalue weighted by Gasteiger charge is 2.43. The number of rotatable bonds is 9. The number of hydrogen-bond donors (Lipinski definition) is 3. The van der Waals surface area contributed by atoms with E-state index in [0.717, 1.165) is 31.6 Å². The first kappa shape index (κ1) is 21.8. The molecule has 1 saturated carbocycles. The number of aliphatic carboxylic acids is 1. The molecule has 27 heavy (non-hydrogen) atoms. The van der Waals surface area contributed by atoms with Crippen LogP contribution in [0.4, 0.5) is 0 Å². The minimum absolute atomic E-state index is 0.0876. The van der Waals surface area contributed by atoms with Crippen LogP contribution in [0.2, 0.25) is 0 Å². The molecule has 0 spiro atoms. The van der Waals surface area contributed by atoms with Gasteiger partial charge in [-0.15, -0.1) is 0 Å². The Hall–Kier alpha value is -1.51. The van der Waals surface area contributed by atoms with Crippen LogP contribution in [0.15, 0.2) is 18.3 Å². The molecule has 1 unspecified atom stereocenters. The monoisotopic (exact) mass is 398 g/mol. The van der Waals surface area contributed by atoms with Gasteiger partial charge in [0, 0.05) is 46.7 Å². The normalized spacial score (nSPS) is 24.6. The summed E-state index contributed by atoms with van der Waals surface area (Å²) in [5.41, 5.74) is 4.03. The van der Waals surface area contributed by atoms with Gasteiger partial charge in [0.2, 0.25) is 0 Å². The number of carboxylic acids is 1. The first-order valence-electron chi connectivity index (χ1n) is 9.42. The summed E-state index contributed by atoms with van der Waals surface area (Å²) in [6, 6.07) is 2.21. The molecule has 1 fully saturated rings. The van der Waals surface area contributed by atoms with Crippen molar-refractivity contribution in [2.75, 3.05) is 11.5 Å². The highest BCUT2D eigenvalue weighted by atomic mass is 32.2. The molecular weight excluding hydrogens is 368 g/mol. The van der Waals surface area contributed by atoms with Crippen molar-refractivity contribution in [3.8, 4) is 5.75 Å². The highest BCUT2D eigenvalue weighted by Crippen LogP contribution is 2.28. The van der Waals surface area contributed by atoms with Crippen LogP contribution in [0.1, 0.15) is 45.2 Å². The fourth-order valence-electron chi connectivity index (χ4n) is 3.26. The van der Waals surface area contributed by atoms with E-state index in [1.54, 1.807) is 19.1 Å². The summed E-state index contributed by atoms with van der Waals surface area (Å²) in [6.45, 7) is 3.96. The Labute approximate surface area is 162 Å². The zero-order valence-electron chi connectivity index (χ0n) is 16.0. The maximum Gasteiger partial charge on any atom is 0.337 e. The Morgan fingerprint density at radius 2 is 2.11 bits per heavy atom. The van der Waals surface area contributed by atoms with Gasteiger partial charge in [0.25, 0.3) is 0 Å². The molecule has 1 aromatic rings. The number of aromatic nitrogens is 1. The van der Waals surface area contributed by atoms with E-state index >= 15 is 0 Å². The van der Waals surface area contributed by atoms with Crippen LogP contribution in [0, 0.1) is 5.92 Å². The van der Waals surface area contributed by atoms with Crippen molar-refractivity contribution < 1.29 is 24.0 Å². The van der Waals surface area contributed by atoms with Crippen LogP contribution in [-0.2, 0) is 22.0 Å². The summed E-state index contributed by atoms with van der Waals surface area (Å²) >= 11 is 0. The SMILES string of the molecule is CCS(=O)C[C@H](N)[C@](O)(Cc1cc(OC2CCC(C)CC2)ccn1)C(=O)O. The second-order valence-corrected chi connectivity index (χ2v) is 9.18. The van der Waals surface area contributed by atoms with E-state index in [1.165, 1.54) is 6.20 Å². The van der Waals surface area contributed by atoms with E-state index in [2.05, 4.69) is 11.9 Å². The van der Waals surface area contributed by atoms with E-state index in [4.69, 9.17) is 10.5 Å². The maximum atomic E-state index is 11.7. The molecule has 1 aromatic heterocycles. The molecule has 7 nitrogen and oxygen atoms in total. The van der Waals surface area contributed by atoms with Crippen molar-refractivity contribution in [1.29, 1.82) is 0 Å². The van der Waals surface area contributed by atoms with Gasteiger partial charge in [-0.05, 0) is 37.7 Å². The smallest absolute Gasteiger partial charge is 0.337 e. The highest BCUT2D eigenvalue weighted by molar-refractivity contribution is 7.85. The fraction of sp³-hybridized carbons (Fsp3) is 0.684. The minimum atomic E-state index is -2.24. The molecule has 2 rings (SSSR count). The van der Waals surface area contributed by atoms with Crippen molar-refractivity contribution in [3.05, 3.63) is 24.0 Å². The quantitative estimate of drug-likeness (QED) is 0.576. The summed E-state index contributed by atoms with van der Waals surface area (Å²) in [7, 11) is -1.28. The molecule has 3 atom stereocenters. The van der Waals surface area contributed by atoms with E-state index in [-0.39, 0.29) is 18.3 Å². The molecule has 0 bridgehead atoms. The van der Waals surface area contributed by atoms with Gasteiger partial charge in [-0.3, -0.25) is 9.19 Å². The zero-order chi connectivity index (χ0) is 20.0. The van der Waals surface area contributed by atoms with Crippen LogP contribution in [-0.4, -0.2) is 54.6 Å². The first-order chi connectivity index (χ1) is 12.7. The van der Waals surface area contributed by atoms with Gasteiger partial charge in [-0.1, -0.05) is 13.8 Å². The number of hydrogen-bond acceptors (Lipinski definition) is 6. The van der Waals surface area contributed by atoms with Crippen molar-refractivity contribution in [3.63, 3.8) is 0 Å². The van der Waals surface area contributed by atoms with Crippen molar-refractivity contribution in [2.24, 2.45) is 11.7 Å². The van der Waals surface area contributed by atoms with Crippen LogP contribution < -0.4 is 10.5 Å². The lowest BCUT2D eigenvalue weighted by Gasteiger charge is -2.29. The second-order valence-electron chi connectivity index (χ2n) is 7.39. The second kappa shape index (κ2) is 9.61. The third-order valence-corrected chi connectivity index (χ3v) is 6.55. The molecule has 152 valence electrons. The number of aliphatic hydroxyl groups is 1. The Morgan fingerprint density at radius 1 is 1.44 bits per heavy atom. The van der Waals surface area contributed by atoms with Crippen LogP contribution in [0.3, 0.4) is 0 Å². The maximum absolute atomic E-state index is 11.7. The van der Waals surface area contributed by atoms with E-state index in [1.807, 2.05) is 0 Å². The van der Waals surface area contributed by atoms with Gasteiger partial charge in [0.1, 0.15) is 5.75 Å². The number of carboxylic acid groups (broad SMARTS) is 1. The average molecular weight is 399 g/mol. The largest absolute Gasteiger partial charge is 0.490 e. The molecule has 1 heterocycles. The number of carbonyl (C=O) groups is 1. The fourth-order valence-corrected chi connectivity index (χ4v) is 4.18. The number of nitrogens with zero attached hydrogens (tertiary/aromatic N) is 1. The van der Waals surface area contributed by atoms with E-state index in [9.17, 15) is 19.2 Å². The summed E-state index contributed by atoms with van der Waals surface area (Å²) in [5, 5.41) is 20.2. The topological polar surface area (TPSA) is 123 Å². The lowest BCUT2D eigenvalue weighted by Crippen LogP contribution is -2.58. The third-order valence-electron chi connectivity index (χ3n) is 5.18. The first-order valence-corrected chi connectivity index (χ1v) is 10.9. The molecular formula is C19H30N2O5S. The van der Waals surface area contributed by atoms with Crippen LogP contribution >= 0.6 is 0 Å². The number of pyridine rings is 1. The summed E-state index contributed by atoms with van der Waals surface area (Å²) in [5.74, 6) is 0.148. The van der Waals surface area contributed by atoms with Crippen molar-refractivity contribution in [2.45, 2.75) is 63.7 Å². The van der Waals surface area contributed by atoms with E-state index < -0.39 is 28.4 Å². The summed E-state index contributed by atoms with van der Waals surface area (Å²) in [6.07, 6.45) is 5.65. The number of ether oxygens (including phenoxy) is 1. The average Bonchev–Trinajstić information content (AvgIpc) is 2.63. The van der Waals surface area contributed by atoms with Crippen LogP contribution in [0.25, 0.3) is 0 Å². The predicted molar refractivity (Wildman–Crippen MR) is 104 cm³/mol. The molecule has 1 aliphatic rings.